The largest absolute Gasteiger partial charge is 0.214 e. The third kappa shape index (κ3) is 10.4. The smallest absolute Gasteiger partial charge is 0.172 e. The van der Waals surface area contributed by atoms with Gasteiger partial charge in [0, 0.05) is 0 Å². The van der Waals surface area contributed by atoms with Gasteiger partial charge in [0.15, 0.2) is 0 Å². The normalized spacial score (nSPS) is 8.00. The molecule has 86 valence electrons. The molecule has 2 rings (SSSR count). The summed E-state index contributed by atoms with van der Waals surface area (Å²) in [7, 11) is 9.78. The monoisotopic (exact) mass is 288 g/mol. The Morgan fingerprint density at radius 1 is 1.00 bits per heavy atom. The fraction of sp³-hybridized carbons (Fsp3) is 0.154. The molecule has 0 aromatic heterocycles. The quantitative estimate of drug-likeness (QED) is 0.478. The molecule has 16 heavy (non-hydrogen) atoms. The van der Waals surface area contributed by atoms with Gasteiger partial charge in [0.2, 0.25) is 0 Å². The van der Waals surface area contributed by atoms with Crippen LogP contribution in [0.4, 0.5) is 0 Å². The van der Waals surface area contributed by atoms with E-state index < -0.39 is 17.0 Å². The van der Waals surface area contributed by atoms with Crippen LogP contribution in [-0.2, 0) is 17.0 Å². The Kier molecular flexibility index (Phi) is 11.3. The van der Waals surface area contributed by atoms with Crippen LogP contribution in [0.3, 0.4) is 0 Å². The molecule has 0 fully saturated rings. The first-order valence-electron chi connectivity index (χ1n) is 4.79. The van der Waals surface area contributed by atoms with Crippen LogP contribution in [0.2, 0.25) is 0 Å². The van der Waals surface area contributed by atoms with Crippen LogP contribution < -0.4 is 0 Å². The SMILES string of the molecule is Cc1[c-]c(C)ccc1.[Cl][Ti][Cl].c1cc[cH-]c1. The molecule has 0 amide bonds. The van der Waals surface area contributed by atoms with E-state index in [1.54, 1.807) is 0 Å². The molecule has 0 radical (unpaired) electrons. The van der Waals surface area contributed by atoms with Crippen molar-refractivity contribution in [1.29, 1.82) is 0 Å². The number of hydrogen-bond donors (Lipinski definition) is 0. The van der Waals surface area contributed by atoms with E-state index in [0.717, 1.165) is 0 Å². The molecule has 0 unspecified atom stereocenters. The summed E-state index contributed by atoms with van der Waals surface area (Å²) in [6.45, 7) is 4.10. The number of aryl methyl sites for hydroxylation is 2. The molecular formula is C13H14Cl2Ti-2. The van der Waals surface area contributed by atoms with E-state index in [4.69, 9.17) is 18.6 Å². The molecule has 2 aromatic rings. The van der Waals surface area contributed by atoms with Crippen molar-refractivity contribution in [3.63, 3.8) is 0 Å². The van der Waals surface area contributed by atoms with Crippen molar-refractivity contribution in [2.75, 3.05) is 0 Å². The molecule has 0 nitrogen and oxygen atoms in total. The Morgan fingerprint density at radius 2 is 1.44 bits per heavy atom. The first kappa shape index (κ1) is 15.9. The Labute approximate surface area is 115 Å². The molecule has 0 aliphatic carbocycles. The molecule has 3 heteroatoms. The summed E-state index contributed by atoms with van der Waals surface area (Å²) in [6, 6.07) is 19.3. The third-order valence-corrected chi connectivity index (χ3v) is 1.64. The Morgan fingerprint density at radius 3 is 1.62 bits per heavy atom. The van der Waals surface area contributed by atoms with Crippen LogP contribution in [0, 0.1) is 19.9 Å². The maximum Gasteiger partial charge on any atom is -0.172 e. The minimum atomic E-state index is -0.556. The molecule has 0 heterocycles. The van der Waals surface area contributed by atoms with Crippen molar-refractivity contribution >= 4 is 18.6 Å². The number of hydrogen-bond acceptors (Lipinski definition) is 0. The van der Waals surface area contributed by atoms with Crippen molar-refractivity contribution in [3.8, 4) is 0 Å². The van der Waals surface area contributed by atoms with E-state index in [1.807, 2.05) is 62.4 Å². The summed E-state index contributed by atoms with van der Waals surface area (Å²) in [5, 5.41) is 0. The molecule has 0 N–H and O–H groups in total. The van der Waals surface area contributed by atoms with Gasteiger partial charge >= 0.3 is 35.6 Å². The van der Waals surface area contributed by atoms with Gasteiger partial charge in [-0.1, -0.05) is 13.8 Å². The van der Waals surface area contributed by atoms with Gasteiger partial charge < -0.3 is 0 Å². The van der Waals surface area contributed by atoms with Crippen LogP contribution in [0.5, 0.6) is 0 Å². The van der Waals surface area contributed by atoms with Gasteiger partial charge in [-0.05, 0) is 0 Å². The summed E-state index contributed by atoms with van der Waals surface area (Å²) < 4.78 is 0. The zero-order valence-corrected chi connectivity index (χ0v) is 12.4. The fourth-order valence-corrected chi connectivity index (χ4v) is 1.05. The summed E-state index contributed by atoms with van der Waals surface area (Å²) in [5.74, 6) is 0. The van der Waals surface area contributed by atoms with Crippen molar-refractivity contribution in [1.82, 2.24) is 0 Å². The average Bonchev–Trinajstić information content (AvgIpc) is 2.76. The topological polar surface area (TPSA) is 0 Å². The molecule has 0 spiro atoms. The van der Waals surface area contributed by atoms with E-state index in [-0.39, 0.29) is 0 Å². The minimum absolute atomic E-state index is 0.556. The maximum absolute atomic E-state index is 4.89. The minimum Gasteiger partial charge on any atom is -0.214 e. The molecule has 0 aliphatic heterocycles. The van der Waals surface area contributed by atoms with Crippen LogP contribution in [0.1, 0.15) is 11.1 Å². The van der Waals surface area contributed by atoms with Crippen molar-refractivity contribution in [3.05, 3.63) is 65.7 Å². The molecular weight excluding hydrogens is 275 g/mol. The average molecular weight is 289 g/mol. The second-order valence-electron chi connectivity index (χ2n) is 3.05. The van der Waals surface area contributed by atoms with Gasteiger partial charge in [-0.2, -0.15) is 53.6 Å². The van der Waals surface area contributed by atoms with Gasteiger partial charge in [-0.15, -0.1) is 0 Å². The van der Waals surface area contributed by atoms with Crippen molar-refractivity contribution < 1.29 is 17.0 Å². The molecule has 0 saturated carbocycles. The Bertz CT molecular complexity index is 310. The molecule has 0 aliphatic rings. The second kappa shape index (κ2) is 11.4. The van der Waals surface area contributed by atoms with Crippen LogP contribution in [0.25, 0.3) is 0 Å². The molecule has 0 atom stereocenters. The number of halogens is 2. The summed E-state index contributed by atoms with van der Waals surface area (Å²) in [5.41, 5.74) is 2.43. The van der Waals surface area contributed by atoms with E-state index in [0.29, 0.717) is 0 Å². The summed E-state index contributed by atoms with van der Waals surface area (Å²) >= 11 is -0.556. The molecule has 0 bridgehead atoms. The Hall–Kier alpha value is -0.136. The Balaban J connectivity index is 0.000000241. The summed E-state index contributed by atoms with van der Waals surface area (Å²) in [4.78, 5) is 0. The molecule has 2 aromatic carbocycles. The van der Waals surface area contributed by atoms with Gasteiger partial charge in [-0.25, -0.2) is 12.1 Å². The number of benzene rings is 1. The second-order valence-corrected chi connectivity index (χ2v) is 5.63. The van der Waals surface area contributed by atoms with Crippen LogP contribution >= 0.6 is 18.6 Å². The first-order chi connectivity index (χ1) is 7.70. The maximum atomic E-state index is 4.89. The van der Waals surface area contributed by atoms with Crippen LogP contribution in [0.15, 0.2) is 48.5 Å². The fourth-order valence-electron chi connectivity index (χ4n) is 1.05. The standard InChI is InChI=1S/C8H9.C5H5.2ClH.Ti/c1-7-4-3-5-8(2)6-7;1-2-4-5-3-1;;;/h3-5H,1-2H3;1-5H;2*1H;/q2*-1;;;+2/p-2. The van der Waals surface area contributed by atoms with E-state index >= 15 is 0 Å². The third-order valence-electron chi connectivity index (χ3n) is 1.64. The summed E-state index contributed by atoms with van der Waals surface area (Å²) in [6.07, 6.45) is 0. The zero-order valence-electron chi connectivity index (χ0n) is 9.37. The predicted octanol–water partition coefficient (Wildman–Crippen LogP) is 4.89. The van der Waals surface area contributed by atoms with Gasteiger partial charge in [0.1, 0.15) is 0 Å². The predicted molar refractivity (Wildman–Crippen MR) is 68.5 cm³/mol. The van der Waals surface area contributed by atoms with Gasteiger partial charge in [0.25, 0.3) is 0 Å². The molecule has 0 saturated heterocycles. The number of rotatable bonds is 0. The van der Waals surface area contributed by atoms with Gasteiger partial charge in [0.05, 0.1) is 0 Å². The zero-order chi connectivity index (χ0) is 12.2. The van der Waals surface area contributed by atoms with E-state index in [9.17, 15) is 0 Å². The van der Waals surface area contributed by atoms with E-state index in [2.05, 4.69) is 6.07 Å². The van der Waals surface area contributed by atoms with Crippen molar-refractivity contribution in [2.45, 2.75) is 13.8 Å². The van der Waals surface area contributed by atoms with Gasteiger partial charge in [-0.3, -0.25) is 0 Å². The first-order valence-corrected chi connectivity index (χ1v) is 9.09. The van der Waals surface area contributed by atoms with E-state index in [1.165, 1.54) is 11.1 Å². The van der Waals surface area contributed by atoms with Crippen molar-refractivity contribution in [2.24, 2.45) is 0 Å². The van der Waals surface area contributed by atoms with Crippen LogP contribution in [-0.4, -0.2) is 0 Å².